The van der Waals surface area contributed by atoms with Crippen molar-refractivity contribution in [3.8, 4) is 10.4 Å². The predicted molar refractivity (Wildman–Crippen MR) is 189 cm³/mol. The van der Waals surface area contributed by atoms with Crippen LogP contribution in [0.25, 0.3) is 26.9 Å². The van der Waals surface area contributed by atoms with E-state index in [-0.39, 0.29) is 18.0 Å². The van der Waals surface area contributed by atoms with Gasteiger partial charge >= 0.3 is 0 Å². The molecule has 0 amide bonds. The third-order valence-corrected chi connectivity index (χ3v) is 8.74. The predicted octanol–water partition coefficient (Wildman–Crippen LogP) is 9.90. The Kier molecular flexibility index (Phi) is 11.7. The molecule has 0 saturated carbocycles. The Balaban J connectivity index is 0.00000235. The number of fused-ring (bicyclic) bond motifs is 1. The number of benzene rings is 2. The Labute approximate surface area is 273 Å². The van der Waals surface area contributed by atoms with Crippen molar-refractivity contribution >= 4 is 45.5 Å². The average molecular weight is 642 g/mol. The van der Waals surface area contributed by atoms with Crippen LogP contribution in [0.2, 0.25) is 0 Å². The van der Waals surface area contributed by atoms with Gasteiger partial charge in [-0.3, -0.25) is 14.4 Å². The van der Waals surface area contributed by atoms with Crippen LogP contribution in [0.4, 0.5) is 20.3 Å². The van der Waals surface area contributed by atoms with Gasteiger partial charge in [0, 0.05) is 27.7 Å². The highest BCUT2D eigenvalue weighted by atomic mass is 32.1. The normalized spacial score (nSPS) is 11.9. The van der Waals surface area contributed by atoms with Gasteiger partial charge in [0.1, 0.15) is 11.2 Å². The van der Waals surface area contributed by atoms with Crippen LogP contribution in [0.15, 0.2) is 83.5 Å². The fraction of sp³-hybridized carbons (Fsp3) is 0.297. The summed E-state index contributed by atoms with van der Waals surface area (Å²) in [6.45, 7) is 17.4. The zero-order chi connectivity index (χ0) is 33.4. The van der Waals surface area contributed by atoms with Gasteiger partial charge in [0.05, 0.1) is 30.6 Å². The highest BCUT2D eigenvalue weighted by Crippen LogP contribution is 2.36. The van der Waals surface area contributed by atoms with Crippen LogP contribution in [0.5, 0.6) is 0 Å². The second-order valence-electron chi connectivity index (χ2n) is 11.2. The molecular weight excluding hydrogens is 601 g/mol. The maximum Gasteiger partial charge on any atom is 0.265 e. The van der Waals surface area contributed by atoms with E-state index in [0.717, 1.165) is 50.7 Å². The highest BCUT2D eigenvalue weighted by Gasteiger charge is 2.14. The molecule has 0 radical (unpaired) electrons. The largest absolute Gasteiger partial charge is 0.364 e. The van der Waals surface area contributed by atoms with Gasteiger partial charge in [0.15, 0.2) is 11.6 Å². The summed E-state index contributed by atoms with van der Waals surface area (Å²) in [7, 11) is 0. The van der Waals surface area contributed by atoms with Crippen molar-refractivity contribution in [1.29, 1.82) is 0 Å². The van der Waals surface area contributed by atoms with Crippen molar-refractivity contribution in [2.24, 2.45) is 16.8 Å². The highest BCUT2D eigenvalue weighted by molar-refractivity contribution is 7.15. The molecule has 2 aromatic carbocycles. The molecule has 3 aromatic heterocycles. The molecule has 3 heterocycles. The monoisotopic (exact) mass is 641 g/mol. The number of aliphatic imine (C=N–C) groups is 1. The Morgan fingerprint density at radius 3 is 2.54 bits per heavy atom. The molecule has 0 aliphatic rings. The Morgan fingerprint density at radius 1 is 1.04 bits per heavy atom. The second-order valence-corrected chi connectivity index (χ2v) is 12.3. The lowest BCUT2D eigenvalue weighted by molar-refractivity contribution is 0.506. The van der Waals surface area contributed by atoms with Gasteiger partial charge in [-0.05, 0) is 77.4 Å². The summed E-state index contributed by atoms with van der Waals surface area (Å²) < 4.78 is 28.5. The van der Waals surface area contributed by atoms with Gasteiger partial charge < -0.3 is 5.32 Å². The molecular formula is C37H41F2N5OS. The van der Waals surface area contributed by atoms with Crippen LogP contribution in [-0.2, 0) is 13.1 Å². The zero-order valence-corrected chi connectivity index (χ0v) is 28.1. The first-order valence-electron chi connectivity index (χ1n) is 15.6. The Hall–Kier alpha value is -4.50. The van der Waals surface area contributed by atoms with Gasteiger partial charge in [0.2, 0.25) is 0 Å². The van der Waals surface area contributed by atoms with Crippen LogP contribution in [0.1, 0.15) is 64.0 Å². The van der Waals surface area contributed by atoms with Crippen LogP contribution in [-0.4, -0.2) is 20.7 Å². The number of aromatic nitrogens is 3. The van der Waals surface area contributed by atoms with E-state index in [9.17, 15) is 13.6 Å². The van der Waals surface area contributed by atoms with Crippen molar-refractivity contribution < 1.29 is 8.78 Å². The molecule has 1 N–H and O–H groups in total. The zero-order valence-electron chi connectivity index (χ0n) is 27.3. The van der Waals surface area contributed by atoms with Crippen molar-refractivity contribution in [1.82, 2.24) is 14.5 Å². The molecule has 6 nitrogen and oxygen atoms in total. The number of nitrogens with one attached hydrogen (secondary N) is 1. The van der Waals surface area contributed by atoms with Crippen molar-refractivity contribution in [2.45, 2.75) is 61.1 Å². The van der Waals surface area contributed by atoms with Crippen molar-refractivity contribution in [2.75, 3.05) is 5.32 Å². The Morgan fingerprint density at radius 2 is 1.83 bits per heavy atom. The van der Waals surface area contributed by atoms with E-state index in [2.05, 4.69) is 79.9 Å². The standard InChI is InChI=1S/C35H35F2N5OS.C2H6/c1-6-22(4)17-39-30-11-8-25(16-27(30)23(5)21(2)3)32-12-9-26(44-32)18-40-34-33-31(13-14-38-34)41-20-42(35(33)43)19-24-7-10-28(36)29(37)15-24;1-2/h7-17,20-22H,5-6,18-19H2,1-4H3,(H,38,40);1-2H3. The smallest absolute Gasteiger partial charge is 0.265 e. The summed E-state index contributed by atoms with van der Waals surface area (Å²) >= 11 is 1.66. The summed E-state index contributed by atoms with van der Waals surface area (Å²) in [6.07, 6.45) is 6.05. The molecule has 0 aliphatic carbocycles. The van der Waals surface area contributed by atoms with Crippen LogP contribution < -0.4 is 10.9 Å². The summed E-state index contributed by atoms with van der Waals surface area (Å²) in [5.74, 6) is -0.800. The summed E-state index contributed by atoms with van der Waals surface area (Å²) in [6, 6.07) is 15.7. The minimum Gasteiger partial charge on any atom is -0.364 e. The number of pyridine rings is 1. The third-order valence-electron chi connectivity index (χ3n) is 7.60. The molecule has 5 rings (SSSR count). The molecule has 0 aliphatic heterocycles. The number of hydrogen-bond donors (Lipinski definition) is 1. The van der Waals surface area contributed by atoms with Crippen LogP contribution >= 0.6 is 11.3 Å². The lowest BCUT2D eigenvalue weighted by Crippen LogP contribution is -2.22. The van der Waals surface area contributed by atoms with E-state index >= 15 is 0 Å². The summed E-state index contributed by atoms with van der Waals surface area (Å²) in [5, 5.41) is 3.64. The van der Waals surface area contributed by atoms with Gasteiger partial charge in [-0.25, -0.2) is 18.7 Å². The number of anilines is 1. The molecule has 0 spiro atoms. The van der Waals surface area contributed by atoms with E-state index in [1.54, 1.807) is 23.6 Å². The van der Waals surface area contributed by atoms with Crippen molar-refractivity contribution in [3.05, 3.63) is 112 Å². The topological polar surface area (TPSA) is 72.2 Å². The van der Waals surface area contributed by atoms with Gasteiger partial charge in [-0.1, -0.05) is 60.3 Å². The SMILES string of the molecule is C=C(c1cc(-c2ccc(CNc3nccc4ncn(Cc5ccc(F)c(F)c5)c(=O)c34)s2)ccc1N=CC(C)CC)C(C)C.CC. The summed E-state index contributed by atoms with van der Waals surface area (Å²) in [4.78, 5) is 29.2. The number of rotatable bonds is 11. The second kappa shape index (κ2) is 15.7. The maximum atomic E-state index is 13.7. The molecule has 0 fully saturated rings. The van der Waals surface area contributed by atoms with Crippen LogP contribution in [0, 0.1) is 23.5 Å². The molecule has 1 unspecified atom stereocenters. The minimum atomic E-state index is -0.962. The fourth-order valence-corrected chi connectivity index (χ4v) is 5.61. The molecule has 1 atom stereocenters. The van der Waals surface area contributed by atoms with E-state index in [1.807, 2.05) is 20.1 Å². The molecule has 9 heteroatoms. The van der Waals surface area contributed by atoms with Gasteiger partial charge in [0.25, 0.3) is 5.56 Å². The van der Waals surface area contributed by atoms with Gasteiger partial charge in [-0.15, -0.1) is 11.3 Å². The molecule has 240 valence electrons. The van der Waals surface area contributed by atoms with E-state index < -0.39 is 11.6 Å². The lowest BCUT2D eigenvalue weighted by atomic mass is 9.94. The maximum absolute atomic E-state index is 13.7. The molecule has 0 saturated heterocycles. The minimum absolute atomic E-state index is 0.0501. The number of thiophene rings is 1. The number of halogens is 2. The molecule has 46 heavy (non-hydrogen) atoms. The van der Waals surface area contributed by atoms with E-state index in [4.69, 9.17) is 4.99 Å². The van der Waals surface area contributed by atoms with Crippen molar-refractivity contribution in [3.63, 3.8) is 0 Å². The lowest BCUT2D eigenvalue weighted by Gasteiger charge is -2.14. The third kappa shape index (κ3) is 8.01. The summed E-state index contributed by atoms with van der Waals surface area (Å²) in [5.41, 5.74) is 4.74. The van der Waals surface area contributed by atoms with E-state index in [1.165, 1.54) is 17.0 Å². The van der Waals surface area contributed by atoms with Gasteiger partial charge in [-0.2, -0.15) is 0 Å². The van der Waals surface area contributed by atoms with E-state index in [0.29, 0.717) is 34.7 Å². The van der Waals surface area contributed by atoms with Crippen LogP contribution in [0.3, 0.4) is 0 Å². The first-order chi connectivity index (χ1) is 22.1. The quantitative estimate of drug-likeness (QED) is 0.146. The number of nitrogens with zero attached hydrogens (tertiary/aromatic N) is 4. The first-order valence-corrected chi connectivity index (χ1v) is 16.4. The fourth-order valence-electron chi connectivity index (χ4n) is 4.66. The molecule has 5 aromatic rings. The number of allylic oxidation sites excluding steroid dienone is 1. The molecule has 0 bridgehead atoms. The number of hydrogen-bond acceptors (Lipinski definition) is 6. The Bertz CT molecular complexity index is 1910. The first kappa shape index (κ1) is 34.4. The average Bonchev–Trinajstić information content (AvgIpc) is 3.55.